The van der Waals surface area contributed by atoms with Gasteiger partial charge in [0.05, 0.1) is 5.75 Å². The molecule has 0 bridgehead atoms. The first-order chi connectivity index (χ1) is 7.36. The number of hydrogen-bond donors (Lipinski definition) is 0. The molecule has 74 valence electrons. The van der Waals surface area contributed by atoms with Crippen molar-refractivity contribution in [1.82, 2.24) is 0 Å². The van der Waals surface area contributed by atoms with E-state index in [1.807, 2.05) is 24.3 Å². The summed E-state index contributed by atoms with van der Waals surface area (Å²) in [6.07, 6.45) is 0. The van der Waals surface area contributed by atoms with Crippen LogP contribution in [0.25, 0.3) is 10.8 Å². The van der Waals surface area contributed by atoms with Gasteiger partial charge in [-0.2, -0.15) is 0 Å². The van der Waals surface area contributed by atoms with E-state index < -0.39 is 0 Å². The van der Waals surface area contributed by atoms with Crippen LogP contribution in [0.1, 0.15) is 15.9 Å². The number of thioether (sulfide) groups is 1. The topological polar surface area (TPSA) is 17.1 Å². The number of benzene rings is 2. The van der Waals surface area contributed by atoms with Crippen molar-refractivity contribution in [2.45, 2.75) is 5.75 Å². The van der Waals surface area contributed by atoms with E-state index in [1.165, 1.54) is 16.3 Å². The van der Waals surface area contributed by atoms with Gasteiger partial charge in [-0.25, -0.2) is 0 Å². The summed E-state index contributed by atoms with van der Waals surface area (Å²) in [4.78, 5) is 11.7. The second kappa shape index (κ2) is 3.38. The monoisotopic (exact) mass is 214 g/mol. The fraction of sp³-hybridized carbons (Fsp3) is 0.154. The van der Waals surface area contributed by atoms with E-state index in [0.717, 1.165) is 11.3 Å². The van der Waals surface area contributed by atoms with Crippen LogP contribution in [0.15, 0.2) is 36.4 Å². The molecule has 0 aromatic heterocycles. The first-order valence-corrected chi connectivity index (χ1v) is 6.13. The normalized spacial score (nSPS) is 15.3. The second-order valence-electron chi connectivity index (χ2n) is 3.73. The highest BCUT2D eigenvalue weighted by Gasteiger charge is 2.18. The molecule has 1 heterocycles. The third-order valence-corrected chi connectivity index (χ3v) is 3.78. The third kappa shape index (κ3) is 1.37. The fourth-order valence-corrected chi connectivity index (χ4v) is 3.03. The highest BCUT2D eigenvalue weighted by atomic mass is 32.2. The zero-order valence-corrected chi connectivity index (χ0v) is 9.01. The minimum Gasteiger partial charge on any atom is -0.293 e. The lowest BCUT2D eigenvalue weighted by molar-refractivity contribution is 0.102. The number of carbonyl (C=O) groups excluding carboxylic acids is 1. The van der Waals surface area contributed by atoms with Crippen LogP contribution < -0.4 is 0 Å². The van der Waals surface area contributed by atoms with E-state index in [0.29, 0.717) is 5.75 Å². The molecule has 0 N–H and O–H groups in total. The minimum atomic E-state index is 0.270. The van der Waals surface area contributed by atoms with Gasteiger partial charge in [-0.05, 0) is 16.3 Å². The lowest BCUT2D eigenvalue weighted by atomic mass is 9.98. The van der Waals surface area contributed by atoms with Crippen LogP contribution in [0.2, 0.25) is 0 Å². The van der Waals surface area contributed by atoms with Crippen molar-refractivity contribution in [2.75, 3.05) is 5.75 Å². The third-order valence-electron chi connectivity index (χ3n) is 2.82. The molecule has 0 aliphatic carbocycles. The molecular formula is C13H10OS. The molecule has 0 spiro atoms. The molecule has 0 fully saturated rings. The summed E-state index contributed by atoms with van der Waals surface area (Å²) >= 11 is 1.71. The van der Waals surface area contributed by atoms with Gasteiger partial charge in [0.2, 0.25) is 0 Å². The largest absolute Gasteiger partial charge is 0.293 e. The molecule has 1 aliphatic rings. The van der Waals surface area contributed by atoms with Gasteiger partial charge >= 0.3 is 0 Å². The van der Waals surface area contributed by atoms with E-state index in [4.69, 9.17) is 0 Å². The smallest absolute Gasteiger partial charge is 0.173 e. The van der Waals surface area contributed by atoms with Crippen LogP contribution in [-0.4, -0.2) is 11.5 Å². The summed E-state index contributed by atoms with van der Waals surface area (Å²) < 4.78 is 0. The number of rotatable bonds is 0. The van der Waals surface area contributed by atoms with Crippen LogP contribution in [0.5, 0.6) is 0 Å². The van der Waals surface area contributed by atoms with Crippen molar-refractivity contribution in [3.05, 3.63) is 47.5 Å². The molecule has 1 nitrogen and oxygen atoms in total. The Labute approximate surface area is 92.5 Å². The molecule has 0 radical (unpaired) electrons. The molecule has 15 heavy (non-hydrogen) atoms. The second-order valence-corrected chi connectivity index (χ2v) is 4.71. The molecule has 3 rings (SSSR count). The number of Topliss-reactive ketones (excluding diaryl/α,β-unsaturated/α-hetero) is 1. The highest BCUT2D eigenvalue weighted by Crippen LogP contribution is 2.30. The standard InChI is InChI=1S/C13H10OS/c14-13-8-15-7-12-10-4-2-1-3-9(10)5-6-11(12)13/h1-6H,7-8H2. The Morgan fingerprint density at radius 3 is 2.80 bits per heavy atom. The van der Waals surface area contributed by atoms with Gasteiger partial charge in [0, 0.05) is 11.3 Å². The predicted molar refractivity (Wildman–Crippen MR) is 64.4 cm³/mol. The summed E-state index contributed by atoms with van der Waals surface area (Å²) in [7, 11) is 0. The average molecular weight is 214 g/mol. The molecule has 2 heteroatoms. The lowest BCUT2D eigenvalue weighted by Gasteiger charge is -2.16. The zero-order valence-electron chi connectivity index (χ0n) is 8.19. The first kappa shape index (κ1) is 8.98. The van der Waals surface area contributed by atoms with Gasteiger partial charge in [0.25, 0.3) is 0 Å². The van der Waals surface area contributed by atoms with Gasteiger partial charge < -0.3 is 0 Å². The van der Waals surface area contributed by atoms with Crippen molar-refractivity contribution in [3.8, 4) is 0 Å². The maximum atomic E-state index is 11.7. The molecule has 0 atom stereocenters. The Morgan fingerprint density at radius 2 is 1.87 bits per heavy atom. The van der Waals surface area contributed by atoms with E-state index in [2.05, 4.69) is 12.1 Å². The molecule has 2 aromatic rings. The maximum Gasteiger partial charge on any atom is 0.173 e. The summed E-state index contributed by atoms with van der Waals surface area (Å²) in [6, 6.07) is 12.3. The Balaban J connectivity index is 2.38. The Kier molecular flexibility index (Phi) is 2.03. The van der Waals surface area contributed by atoms with Gasteiger partial charge in [-0.1, -0.05) is 36.4 Å². The van der Waals surface area contributed by atoms with Crippen molar-refractivity contribution in [3.63, 3.8) is 0 Å². The predicted octanol–water partition coefficient (Wildman–Crippen LogP) is 3.27. The van der Waals surface area contributed by atoms with Crippen LogP contribution in [0, 0.1) is 0 Å². The molecular weight excluding hydrogens is 204 g/mol. The quantitative estimate of drug-likeness (QED) is 0.669. The summed E-state index contributed by atoms with van der Waals surface area (Å²) in [5, 5.41) is 2.46. The van der Waals surface area contributed by atoms with Crippen LogP contribution >= 0.6 is 11.8 Å². The van der Waals surface area contributed by atoms with Crippen LogP contribution in [-0.2, 0) is 5.75 Å². The Hall–Kier alpha value is -1.28. The zero-order chi connectivity index (χ0) is 10.3. The van der Waals surface area contributed by atoms with E-state index in [-0.39, 0.29) is 5.78 Å². The van der Waals surface area contributed by atoms with Crippen molar-refractivity contribution in [1.29, 1.82) is 0 Å². The molecule has 1 aliphatic heterocycles. The van der Waals surface area contributed by atoms with Gasteiger partial charge in [0.1, 0.15) is 0 Å². The first-order valence-electron chi connectivity index (χ1n) is 4.98. The lowest BCUT2D eigenvalue weighted by Crippen LogP contribution is -2.11. The Morgan fingerprint density at radius 1 is 1.00 bits per heavy atom. The number of ketones is 1. The molecule has 0 unspecified atom stereocenters. The van der Waals surface area contributed by atoms with E-state index in [1.54, 1.807) is 11.8 Å². The molecule has 0 amide bonds. The fourth-order valence-electron chi connectivity index (χ4n) is 2.08. The SMILES string of the molecule is O=C1CSCc2c1ccc1ccccc21. The average Bonchev–Trinajstić information content (AvgIpc) is 2.29. The molecule has 0 saturated heterocycles. The number of hydrogen-bond acceptors (Lipinski definition) is 2. The number of fused-ring (bicyclic) bond motifs is 3. The summed E-state index contributed by atoms with van der Waals surface area (Å²) in [5.74, 6) is 1.86. The highest BCUT2D eigenvalue weighted by molar-refractivity contribution is 7.99. The minimum absolute atomic E-state index is 0.270. The maximum absolute atomic E-state index is 11.7. The number of carbonyl (C=O) groups is 1. The summed E-state index contributed by atoms with van der Waals surface area (Å²) in [6.45, 7) is 0. The Bertz CT molecular complexity index is 545. The van der Waals surface area contributed by atoms with Gasteiger partial charge in [-0.15, -0.1) is 11.8 Å². The van der Waals surface area contributed by atoms with E-state index in [9.17, 15) is 4.79 Å². The molecule has 2 aromatic carbocycles. The van der Waals surface area contributed by atoms with Crippen molar-refractivity contribution in [2.24, 2.45) is 0 Å². The summed E-state index contributed by atoms with van der Waals surface area (Å²) in [5.41, 5.74) is 2.14. The molecule has 0 saturated carbocycles. The van der Waals surface area contributed by atoms with Crippen molar-refractivity contribution < 1.29 is 4.79 Å². The van der Waals surface area contributed by atoms with Crippen LogP contribution in [0.3, 0.4) is 0 Å². The van der Waals surface area contributed by atoms with Gasteiger partial charge in [-0.3, -0.25) is 4.79 Å². The van der Waals surface area contributed by atoms with Crippen molar-refractivity contribution >= 4 is 28.3 Å². The van der Waals surface area contributed by atoms with Gasteiger partial charge in [0.15, 0.2) is 5.78 Å². The van der Waals surface area contributed by atoms with E-state index >= 15 is 0 Å². The van der Waals surface area contributed by atoms with Crippen LogP contribution in [0.4, 0.5) is 0 Å².